The highest BCUT2D eigenvalue weighted by molar-refractivity contribution is 7.99. The van der Waals surface area contributed by atoms with E-state index in [9.17, 15) is 4.79 Å². The van der Waals surface area contributed by atoms with Crippen molar-refractivity contribution in [1.29, 1.82) is 0 Å². The summed E-state index contributed by atoms with van der Waals surface area (Å²) in [6, 6.07) is 10.3. The molecule has 1 amide bonds. The fourth-order valence-electron chi connectivity index (χ4n) is 1.44. The number of amides is 1. The minimum Gasteiger partial charge on any atom is -0.301 e. The van der Waals surface area contributed by atoms with Crippen LogP contribution in [0.3, 0.4) is 0 Å². The van der Waals surface area contributed by atoms with Crippen LogP contribution in [0.2, 0.25) is 0 Å². The van der Waals surface area contributed by atoms with Crippen LogP contribution in [0.15, 0.2) is 41.9 Å². The molecule has 0 fully saturated rings. The Bertz CT molecular complexity index is 471. The molecule has 0 spiro atoms. The maximum Gasteiger partial charge on any atom is 0.236 e. The fourth-order valence-corrected chi connectivity index (χ4v) is 2.77. The van der Waals surface area contributed by atoms with Crippen molar-refractivity contribution in [1.82, 2.24) is 4.98 Å². The molecule has 1 aromatic carbocycles. The number of nitrogens with one attached hydrogen (secondary N) is 1. The second kappa shape index (κ2) is 7.18. The Morgan fingerprint density at radius 2 is 2.17 bits per heavy atom. The summed E-state index contributed by atoms with van der Waals surface area (Å²) in [5.41, 5.74) is 1.31. The van der Waals surface area contributed by atoms with E-state index in [0.717, 1.165) is 12.2 Å². The van der Waals surface area contributed by atoms with Gasteiger partial charge in [-0.25, -0.2) is 4.98 Å². The molecule has 1 heterocycles. The number of carbonyl (C=O) groups is 1. The maximum atomic E-state index is 11.6. The molecule has 0 aliphatic carbocycles. The average molecular weight is 278 g/mol. The summed E-state index contributed by atoms with van der Waals surface area (Å²) >= 11 is 3.08. The van der Waals surface area contributed by atoms with Crippen molar-refractivity contribution in [3.8, 4) is 0 Å². The summed E-state index contributed by atoms with van der Waals surface area (Å²) in [4.78, 5) is 15.6. The van der Waals surface area contributed by atoms with Crippen molar-refractivity contribution in [2.75, 3.05) is 16.8 Å². The zero-order valence-corrected chi connectivity index (χ0v) is 11.5. The van der Waals surface area contributed by atoms with Gasteiger partial charge in [-0.3, -0.25) is 4.79 Å². The van der Waals surface area contributed by atoms with Crippen molar-refractivity contribution in [2.45, 2.75) is 6.42 Å². The predicted octanol–water partition coefficient (Wildman–Crippen LogP) is 3.06. The van der Waals surface area contributed by atoms with Gasteiger partial charge < -0.3 is 5.32 Å². The molecule has 94 valence electrons. The van der Waals surface area contributed by atoms with Crippen LogP contribution in [0.4, 0.5) is 5.13 Å². The number of nitrogens with zero attached hydrogens (tertiary/aromatic N) is 1. The lowest BCUT2D eigenvalue weighted by atomic mass is 10.2. The number of rotatable bonds is 6. The molecule has 0 saturated carbocycles. The molecule has 0 atom stereocenters. The van der Waals surface area contributed by atoms with E-state index in [1.807, 2.05) is 23.6 Å². The summed E-state index contributed by atoms with van der Waals surface area (Å²) in [5.74, 6) is 1.45. The lowest BCUT2D eigenvalue weighted by Crippen LogP contribution is -2.14. The number of thiazole rings is 1. The Kier molecular flexibility index (Phi) is 5.23. The van der Waals surface area contributed by atoms with E-state index in [0.29, 0.717) is 10.9 Å². The first-order valence-electron chi connectivity index (χ1n) is 5.65. The average Bonchev–Trinajstić information content (AvgIpc) is 2.89. The van der Waals surface area contributed by atoms with Gasteiger partial charge in [0.25, 0.3) is 0 Å². The van der Waals surface area contributed by atoms with Gasteiger partial charge in [0.15, 0.2) is 5.13 Å². The van der Waals surface area contributed by atoms with E-state index in [-0.39, 0.29) is 5.91 Å². The third-order valence-electron chi connectivity index (χ3n) is 2.29. The Labute approximate surface area is 115 Å². The van der Waals surface area contributed by atoms with E-state index in [1.54, 1.807) is 18.0 Å². The van der Waals surface area contributed by atoms with Crippen LogP contribution in [0.5, 0.6) is 0 Å². The largest absolute Gasteiger partial charge is 0.301 e. The number of aryl methyl sites for hydroxylation is 1. The van der Waals surface area contributed by atoms with Crippen LogP contribution in [0, 0.1) is 0 Å². The van der Waals surface area contributed by atoms with Gasteiger partial charge in [0.2, 0.25) is 5.91 Å². The van der Waals surface area contributed by atoms with Crippen molar-refractivity contribution >= 4 is 34.1 Å². The predicted molar refractivity (Wildman–Crippen MR) is 78.2 cm³/mol. The van der Waals surface area contributed by atoms with E-state index < -0.39 is 0 Å². The van der Waals surface area contributed by atoms with Crippen LogP contribution in [0.25, 0.3) is 0 Å². The van der Waals surface area contributed by atoms with Crippen LogP contribution in [-0.2, 0) is 11.2 Å². The third-order valence-corrected chi connectivity index (χ3v) is 3.94. The molecular formula is C13H14N2OS2. The monoisotopic (exact) mass is 278 g/mol. The molecule has 3 nitrogen and oxygen atoms in total. The van der Waals surface area contributed by atoms with Crippen molar-refractivity contribution in [3.05, 3.63) is 47.5 Å². The van der Waals surface area contributed by atoms with Crippen LogP contribution >= 0.6 is 23.1 Å². The number of aromatic nitrogens is 1. The summed E-state index contributed by atoms with van der Waals surface area (Å²) < 4.78 is 0. The zero-order valence-electron chi connectivity index (χ0n) is 9.83. The minimum absolute atomic E-state index is 0.0167. The molecule has 0 aliphatic heterocycles. The Balaban J connectivity index is 1.62. The standard InChI is InChI=1S/C13H14N2OS2/c16-12(15-13-14-7-9-18-13)10-17-8-6-11-4-2-1-3-5-11/h1-5,7,9H,6,8,10H2,(H,14,15,16). The Morgan fingerprint density at radius 1 is 1.33 bits per heavy atom. The number of carbonyl (C=O) groups excluding carboxylic acids is 1. The molecule has 0 radical (unpaired) electrons. The molecule has 0 bridgehead atoms. The van der Waals surface area contributed by atoms with E-state index in [4.69, 9.17) is 0 Å². The first-order valence-corrected chi connectivity index (χ1v) is 7.69. The van der Waals surface area contributed by atoms with Gasteiger partial charge in [-0.1, -0.05) is 30.3 Å². The van der Waals surface area contributed by atoms with E-state index in [2.05, 4.69) is 22.4 Å². The van der Waals surface area contributed by atoms with Crippen LogP contribution in [-0.4, -0.2) is 22.4 Å². The lowest BCUT2D eigenvalue weighted by molar-refractivity contribution is -0.113. The van der Waals surface area contributed by atoms with Crippen molar-refractivity contribution in [2.24, 2.45) is 0 Å². The normalized spacial score (nSPS) is 10.2. The summed E-state index contributed by atoms with van der Waals surface area (Å²) in [5, 5.41) is 5.28. The van der Waals surface area contributed by atoms with Crippen molar-refractivity contribution in [3.63, 3.8) is 0 Å². The number of hydrogen-bond donors (Lipinski definition) is 1. The zero-order chi connectivity index (χ0) is 12.6. The van der Waals surface area contributed by atoms with Crippen LogP contribution in [0.1, 0.15) is 5.56 Å². The molecule has 1 N–H and O–H groups in total. The van der Waals surface area contributed by atoms with Gasteiger partial charge in [-0.15, -0.1) is 11.3 Å². The highest BCUT2D eigenvalue weighted by Crippen LogP contribution is 2.12. The molecule has 2 rings (SSSR count). The van der Waals surface area contributed by atoms with Gasteiger partial charge in [0, 0.05) is 11.6 Å². The molecule has 0 unspecified atom stereocenters. The minimum atomic E-state index is 0.0167. The van der Waals surface area contributed by atoms with E-state index in [1.165, 1.54) is 16.9 Å². The van der Waals surface area contributed by atoms with Gasteiger partial charge in [0.05, 0.1) is 5.75 Å². The second-order valence-corrected chi connectivity index (χ2v) is 5.67. The first-order chi connectivity index (χ1) is 8.84. The number of anilines is 1. The molecule has 2 aromatic rings. The first kappa shape index (κ1) is 13.1. The maximum absolute atomic E-state index is 11.6. The molecule has 0 aliphatic rings. The molecular weight excluding hydrogens is 264 g/mol. The Hall–Kier alpha value is -1.33. The molecule has 1 aromatic heterocycles. The van der Waals surface area contributed by atoms with E-state index >= 15 is 0 Å². The Morgan fingerprint density at radius 3 is 2.89 bits per heavy atom. The highest BCUT2D eigenvalue weighted by atomic mass is 32.2. The van der Waals surface area contributed by atoms with Crippen molar-refractivity contribution < 1.29 is 4.79 Å². The van der Waals surface area contributed by atoms with Gasteiger partial charge in [0.1, 0.15) is 0 Å². The summed E-state index contributed by atoms with van der Waals surface area (Å²) in [6.07, 6.45) is 2.68. The van der Waals surface area contributed by atoms with Crippen LogP contribution < -0.4 is 5.32 Å². The second-order valence-electron chi connectivity index (χ2n) is 3.67. The van der Waals surface area contributed by atoms with Gasteiger partial charge >= 0.3 is 0 Å². The smallest absolute Gasteiger partial charge is 0.236 e. The third kappa shape index (κ3) is 4.50. The molecule has 5 heteroatoms. The number of hydrogen-bond acceptors (Lipinski definition) is 4. The number of benzene rings is 1. The lowest BCUT2D eigenvalue weighted by Gasteiger charge is -2.02. The van der Waals surface area contributed by atoms with Gasteiger partial charge in [-0.2, -0.15) is 11.8 Å². The van der Waals surface area contributed by atoms with Gasteiger partial charge in [-0.05, 0) is 17.7 Å². The quantitative estimate of drug-likeness (QED) is 0.826. The molecule has 0 saturated heterocycles. The summed E-state index contributed by atoms with van der Waals surface area (Å²) in [7, 11) is 0. The topological polar surface area (TPSA) is 42.0 Å². The molecule has 18 heavy (non-hydrogen) atoms. The summed E-state index contributed by atoms with van der Waals surface area (Å²) in [6.45, 7) is 0. The fraction of sp³-hybridized carbons (Fsp3) is 0.231. The number of thioether (sulfide) groups is 1. The highest BCUT2D eigenvalue weighted by Gasteiger charge is 2.03. The SMILES string of the molecule is O=C(CSCCc1ccccc1)Nc1nccs1.